The van der Waals surface area contributed by atoms with Gasteiger partial charge in [0.1, 0.15) is 5.69 Å². The molecule has 12 heavy (non-hydrogen) atoms. The molecule has 0 aliphatic carbocycles. The second kappa shape index (κ2) is 3.74. The monoisotopic (exact) mass is 205 g/mol. The Labute approximate surface area is 79.3 Å². The highest BCUT2D eigenvalue weighted by Gasteiger charge is 2.07. The van der Waals surface area contributed by atoms with Crippen molar-refractivity contribution in [3.63, 3.8) is 0 Å². The molecule has 0 N–H and O–H groups in total. The second-order valence-corrected chi connectivity index (χ2v) is 2.73. The van der Waals surface area contributed by atoms with Crippen molar-refractivity contribution in [2.45, 2.75) is 0 Å². The van der Waals surface area contributed by atoms with Gasteiger partial charge in [0.15, 0.2) is 5.75 Å². The smallest absolute Gasteiger partial charge is 0.270 e. The lowest BCUT2D eigenvalue weighted by atomic mass is 10.3. The van der Waals surface area contributed by atoms with Gasteiger partial charge in [0, 0.05) is 0 Å². The van der Waals surface area contributed by atoms with Gasteiger partial charge in [-0.3, -0.25) is 4.79 Å². The highest BCUT2D eigenvalue weighted by atomic mass is 35.5. The lowest BCUT2D eigenvalue weighted by molar-refractivity contribution is 0.107. The number of carbonyl (C=O) groups excluding carboxylic acids is 1. The van der Waals surface area contributed by atoms with Crippen LogP contribution in [0.15, 0.2) is 12.3 Å². The Bertz CT molecular complexity index is 314. The molecule has 0 radical (unpaired) electrons. The van der Waals surface area contributed by atoms with Crippen LogP contribution in [0.5, 0.6) is 5.75 Å². The third kappa shape index (κ3) is 1.87. The van der Waals surface area contributed by atoms with E-state index in [1.165, 1.54) is 19.4 Å². The van der Waals surface area contributed by atoms with Gasteiger partial charge in [-0.25, -0.2) is 4.98 Å². The predicted molar refractivity (Wildman–Crippen MR) is 46.0 cm³/mol. The summed E-state index contributed by atoms with van der Waals surface area (Å²) in [5.41, 5.74) is 0.113. The number of hydrogen-bond donors (Lipinski definition) is 0. The fourth-order valence-electron chi connectivity index (χ4n) is 0.676. The maximum Gasteiger partial charge on any atom is 0.270 e. The molecule has 0 atom stereocenters. The first-order valence-corrected chi connectivity index (χ1v) is 3.80. The van der Waals surface area contributed by atoms with Crippen LogP contribution in [-0.4, -0.2) is 17.3 Å². The van der Waals surface area contributed by atoms with Gasteiger partial charge in [-0.1, -0.05) is 11.6 Å². The third-order valence-corrected chi connectivity index (χ3v) is 1.73. The molecule has 0 bridgehead atoms. The molecule has 0 spiro atoms. The molecule has 1 heterocycles. The van der Waals surface area contributed by atoms with E-state index in [4.69, 9.17) is 27.9 Å². The zero-order valence-corrected chi connectivity index (χ0v) is 7.69. The summed E-state index contributed by atoms with van der Waals surface area (Å²) < 4.78 is 4.83. The van der Waals surface area contributed by atoms with Gasteiger partial charge in [-0.2, -0.15) is 0 Å². The fourth-order valence-corrected chi connectivity index (χ4v) is 1.01. The summed E-state index contributed by atoms with van der Waals surface area (Å²) in [5.74, 6) is 0.415. The quantitative estimate of drug-likeness (QED) is 0.695. The topological polar surface area (TPSA) is 39.2 Å². The maximum absolute atomic E-state index is 10.6. The van der Waals surface area contributed by atoms with Crippen molar-refractivity contribution in [1.82, 2.24) is 4.98 Å². The van der Waals surface area contributed by atoms with Crippen molar-refractivity contribution >= 4 is 28.4 Å². The normalized spacial score (nSPS) is 9.58. The summed E-state index contributed by atoms with van der Waals surface area (Å²) in [5, 5.41) is -0.323. The molecule has 0 unspecified atom stereocenters. The fraction of sp³-hybridized carbons (Fsp3) is 0.143. The van der Waals surface area contributed by atoms with E-state index in [0.29, 0.717) is 10.8 Å². The summed E-state index contributed by atoms with van der Waals surface area (Å²) in [6, 6.07) is 1.36. The van der Waals surface area contributed by atoms with Crippen LogP contribution >= 0.6 is 23.2 Å². The minimum absolute atomic E-state index is 0.113. The Morgan fingerprint density at radius 3 is 2.75 bits per heavy atom. The summed E-state index contributed by atoms with van der Waals surface area (Å²) in [4.78, 5) is 14.3. The summed E-state index contributed by atoms with van der Waals surface area (Å²) in [7, 11) is 1.46. The zero-order chi connectivity index (χ0) is 9.14. The molecule has 0 aliphatic rings. The first-order valence-electron chi connectivity index (χ1n) is 3.04. The Morgan fingerprint density at radius 2 is 2.33 bits per heavy atom. The van der Waals surface area contributed by atoms with Crippen LogP contribution in [0.1, 0.15) is 10.5 Å². The van der Waals surface area contributed by atoms with Crippen LogP contribution in [0.2, 0.25) is 5.02 Å². The molecule has 0 fully saturated rings. The summed E-state index contributed by atoms with van der Waals surface area (Å²) in [6.07, 6.45) is 1.35. The number of halogens is 2. The van der Waals surface area contributed by atoms with E-state index in [0.717, 1.165) is 0 Å². The zero-order valence-electron chi connectivity index (χ0n) is 6.17. The first-order chi connectivity index (χ1) is 5.65. The lowest BCUT2D eigenvalue weighted by Gasteiger charge is -2.01. The molecule has 0 aliphatic heterocycles. The first kappa shape index (κ1) is 9.29. The van der Waals surface area contributed by atoms with Crippen LogP contribution in [0.4, 0.5) is 0 Å². The number of methoxy groups -OCH3 is 1. The minimum atomic E-state index is -0.639. The van der Waals surface area contributed by atoms with Crippen LogP contribution in [0.3, 0.4) is 0 Å². The Kier molecular flexibility index (Phi) is 2.89. The minimum Gasteiger partial charge on any atom is -0.494 e. The van der Waals surface area contributed by atoms with Crippen molar-refractivity contribution in [2.75, 3.05) is 7.11 Å². The number of pyridine rings is 1. The van der Waals surface area contributed by atoms with Gasteiger partial charge in [0.2, 0.25) is 0 Å². The van der Waals surface area contributed by atoms with E-state index in [9.17, 15) is 4.79 Å². The molecular weight excluding hydrogens is 201 g/mol. The Hall–Kier alpha value is -0.800. The lowest BCUT2D eigenvalue weighted by Crippen LogP contribution is -1.94. The average molecular weight is 206 g/mol. The third-order valence-electron chi connectivity index (χ3n) is 1.24. The molecular formula is C7H5Cl2NO2. The molecule has 0 saturated heterocycles. The van der Waals surface area contributed by atoms with Crippen molar-refractivity contribution in [3.05, 3.63) is 23.0 Å². The standard InChI is InChI=1S/C7H5Cl2NO2/c1-12-6-3-10-5(7(9)11)2-4(6)8/h2-3H,1H3. The Morgan fingerprint density at radius 1 is 1.67 bits per heavy atom. The van der Waals surface area contributed by atoms with Crippen molar-refractivity contribution in [3.8, 4) is 5.75 Å². The number of rotatable bonds is 2. The number of hydrogen-bond acceptors (Lipinski definition) is 3. The highest BCUT2D eigenvalue weighted by Crippen LogP contribution is 2.23. The van der Waals surface area contributed by atoms with E-state index in [-0.39, 0.29) is 5.69 Å². The highest BCUT2D eigenvalue weighted by molar-refractivity contribution is 6.67. The number of ether oxygens (including phenoxy) is 1. The van der Waals surface area contributed by atoms with Gasteiger partial charge < -0.3 is 4.74 Å². The maximum atomic E-state index is 10.6. The molecule has 0 saturated carbocycles. The van der Waals surface area contributed by atoms with Crippen molar-refractivity contribution in [1.29, 1.82) is 0 Å². The predicted octanol–water partition coefficient (Wildman–Crippen LogP) is 2.12. The molecule has 64 valence electrons. The number of nitrogens with zero attached hydrogens (tertiary/aromatic N) is 1. The van der Waals surface area contributed by atoms with Gasteiger partial charge in [0.25, 0.3) is 5.24 Å². The van der Waals surface area contributed by atoms with Crippen LogP contribution < -0.4 is 4.74 Å². The summed E-state index contributed by atoms with van der Waals surface area (Å²) >= 11 is 10.9. The van der Waals surface area contributed by atoms with Crippen LogP contribution in [0.25, 0.3) is 0 Å². The number of carbonyl (C=O) groups is 1. The van der Waals surface area contributed by atoms with Crippen LogP contribution in [-0.2, 0) is 0 Å². The molecule has 1 aromatic heterocycles. The van der Waals surface area contributed by atoms with Gasteiger partial charge >= 0.3 is 0 Å². The van der Waals surface area contributed by atoms with Crippen molar-refractivity contribution in [2.24, 2.45) is 0 Å². The molecule has 1 rings (SSSR count). The largest absolute Gasteiger partial charge is 0.494 e. The summed E-state index contributed by atoms with van der Waals surface area (Å²) in [6.45, 7) is 0. The van der Waals surface area contributed by atoms with Gasteiger partial charge in [-0.15, -0.1) is 0 Å². The van der Waals surface area contributed by atoms with Crippen LogP contribution in [0, 0.1) is 0 Å². The molecule has 5 heteroatoms. The van der Waals surface area contributed by atoms with E-state index in [1.807, 2.05) is 0 Å². The SMILES string of the molecule is COc1cnc(C(=O)Cl)cc1Cl. The van der Waals surface area contributed by atoms with Gasteiger partial charge in [-0.05, 0) is 17.7 Å². The van der Waals surface area contributed by atoms with E-state index in [1.54, 1.807) is 0 Å². The van der Waals surface area contributed by atoms with E-state index < -0.39 is 5.24 Å². The average Bonchev–Trinajstić information content (AvgIpc) is 2.04. The van der Waals surface area contributed by atoms with Gasteiger partial charge in [0.05, 0.1) is 18.3 Å². The molecule has 1 aromatic rings. The Balaban J connectivity index is 3.10. The number of aromatic nitrogens is 1. The van der Waals surface area contributed by atoms with E-state index in [2.05, 4.69) is 4.98 Å². The van der Waals surface area contributed by atoms with E-state index >= 15 is 0 Å². The molecule has 3 nitrogen and oxygen atoms in total. The molecule has 0 aromatic carbocycles. The van der Waals surface area contributed by atoms with Crippen molar-refractivity contribution < 1.29 is 9.53 Å². The second-order valence-electron chi connectivity index (χ2n) is 1.98. The molecule has 0 amide bonds.